The van der Waals surface area contributed by atoms with Crippen LogP contribution in [0.1, 0.15) is 24.2 Å². The summed E-state index contributed by atoms with van der Waals surface area (Å²) in [6.07, 6.45) is -0.320. The number of carbonyl (C=O) groups excluding carboxylic acids is 1. The highest BCUT2D eigenvalue weighted by Crippen LogP contribution is 2.26. The largest absolute Gasteiger partial charge is 0.373 e. The molecule has 1 aliphatic rings. The van der Waals surface area contributed by atoms with Crippen LogP contribution in [0.15, 0.2) is 53.4 Å². The fourth-order valence-electron chi connectivity index (χ4n) is 3.35. The Morgan fingerprint density at radius 2 is 1.76 bits per heavy atom. The second-order valence-corrected chi connectivity index (χ2v) is 10.0. The van der Waals surface area contributed by atoms with E-state index in [1.54, 1.807) is 0 Å². The monoisotopic (exact) mass is 431 g/mol. The Morgan fingerprint density at radius 1 is 1.10 bits per heavy atom. The molecule has 0 unspecified atom stereocenters. The van der Waals surface area contributed by atoms with Crippen LogP contribution >= 0.6 is 11.3 Å². The SMILES string of the molecule is C[C@@H]1CN(S(=O)(=O)c2ccc(C(=O)Nc3nc4ccccc4s3)cc2)C[C@H](C)O1. The summed E-state index contributed by atoms with van der Waals surface area (Å²) in [5, 5.41) is 3.28. The van der Waals surface area contributed by atoms with Gasteiger partial charge >= 0.3 is 0 Å². The number of morpholine rings is 1. The molecule has 0 saturated carbocycles. The first-order chi connectivity index (χ1) is 13.8. The van der Waals surface area contributed by atoms with Gasteiger partial charge in [-0.1, -0.05) is 23.5 Å². The molecule has 2 aromatic carbocycles. The van der Waals surface area contributed by atoms with Gasteiger partial charge in [0.25, 0.3) is 5.91 Å². The molecule has 1 N–H and O–H groups in total. The number of aromatic nitrogens is 1. The summed E-state index contributed by atoms with van der Waals surface area (Å²) in [6.45, 7) is 4.33. The summed E-state index contributed by atoms with van der Waals surface area (Å²) >= 11 is 1.39. The van der Waals surface area contributed by atoms with Gasteiger partial charge in [0.15, 0.2) is 5.13 Å². The van der Waals surface area contributed by atoms with E-state index in [0.29, 0.717) is 23.8 Å². The van der Waals surface area contributed by atoms with Crippen molar-refractivity contribution in [1.82, 2.24) is 9.29 Å². The molecule has 0 aliphatic carbocycles. The standard InChI is InChI=1S/C20H21N3O4S2/c1-13-11-23(12-14(2)27-13)29(25,26)16-9-7-15(8-10-16)19(24)22-20-21-17-5-3-4-6-18(17)28-20/h3-10,13-14H,11-12H2,1-2H3,(H,21,22,24)/t13-,14+. The summed E-state index contributed by atoms with van der Waals surface area (Å²) in [5.74, 6) is -0.332. The lowest BCUT2D eigenvalue weighted by Gasteiger charge is -2.34. The summed E-state index contributed by atoms with van der Waals surface area (Å²) < 4.78 is 33.9. The van der Waals surface area contributed by atoms with Gasteiger partial charge in [0.1, 0.15) is 0 Å². The first-order valence-corrected chi connectivity index (χ1v) is 11.5. The van der Waals surface area contributed by atoms with Crippen molar-refractivity contribution in [2.24, 2.45) is 0 Å². The van der Waals surface area contributed by atoms with Gasteiger partial charge < -0.3 is 4.74 Å². The highest BCUT2D eigenvalue weighted by Gasteiger charge is 2.32. The third kappa shape index (κ3) is 4.18. The Labute approximate surface area is 173 Å². The van der Waals surface area contributed by atoms with E-state index in [1.165, 1.54) is 39.9 Å². The topological polar surface area (TPSA) is 88.6 Å². The zero-order valence-electron chi connectivity index (χ0n) is 16.0. The molecular weight excluding hydrogens is 410 g/mol. The molecule has 2 atom stereocenters. The summed E-state index contributed by atoms with van der Waals surface area (Å²) in [7, 11) is -3.64. The molecule has 1 aliphatic heterocycles. The van der Waals surface area contributed by atoms with Crippen molar-refractivity contribution in [3.05, 3.63) is 54.1 Å². The zero-order chi connectivity index (χ0) is 20.6. The molecule has 152 valence electrons. The number of hydrogen-bond donors (Lipinski definition) is 1. The number of hydrogen-bond acceptors (Lipinski definition) is 6. The number of nitrogens with zero attached hydrogens (tertiary/aromatic N) is 2. The molecule has 0 bridgehead atoms. The van der Waals surface area contributed by atoms with Gasteiger partial charge in [-0.25, -0.2) is 13.4 Å². The maximum atomic E-state index is 12.9. The van der Waals surface area contributed by atoms with E-state index in [-0.39, 0.29) is 23.0 Å². The lowest BCUT2D eigenvalue weighted by atomic mass is 10.2. The fourth-order valence-corrected chi connectivity index (χ4v) is 5.80. The number of anilines is 1. The van der Waals surface area contributed by atoms with E-state index < -0.39 is 10.0 Å². The molecule has 0 radical (unpaired) electrons. The van der Waals surface area contributed by atoms with Crippen molar-refractivity contribution >= 4 is 42.6 Å². The number of thiazole rings is 1. The van der Waals surface area contributed by atoms with Crippen LogP contribution < -0.4 is 5.32 Å². The van der Waals surface area contributed by atoms with E-state index in [4.69, 9.17) is 4.74 Å². The third-order valence-corrected chi connectivity index (χ3v) is 7.45. The lowest BCUT2D eigenvalue weighted by Crippen LogP contribution is -2.48. The van der Waals surface area contributed by atoms with Crippen LogP contribution in [0.4, 0.5) is 5.13 Å². The number of rotatable bonds is 4. The molecule has 3 aromatic rings. The molecule has 0 spiro atoms. The molecule has 2 heterocycles. The second kappa shape index (κ2) is 7.83. The molecule has 4 rings (SSSR count). The molecule has 29 heavy (non-hydrogen) atoms. The maximum Gasteiger partial charge on any atom is 0.257 e. The Hall–Kier alpha value is -2.33. The Bertz CT molecular complexity index is 1100. The average molecular weight is 432 g/mol. The fraction of sp³-hybridized carbons (Fsp3) is 0.300. The Balaban J connectivity index is 1.50. The first-order valence-electron chi connectivity index (χ1n) is 9.25. The lowest BCUT2D eigenvalue weighted by molar-refractivity contribution is -0.0440. The normalized spacial score (nSPS) is 20.6. The quantitative estimate of drug-likeness (QED) is 0.684. The van der Waals surface area contributed by atoms with Gasteiger partial charge in [0.2, 0.25) is 10.0 Å². The first kappa shape index (κ1) is 20.0. The van der Waals surface area contributed by atoms with Crippen LogP contribution in [0, 0.1) is 0 Å². The number of nitrogens with one attached hydrogen (secondary N) is 1. The minimum Gasteiger partial charge on any atom is -0.373 e. The van der Waals surface area contributed by atoms with Gasteiger partial charge in [-0.2, -0.15) is 4.31 Å². The number of carbonyl (C=O) groups is 1. The van der Waals surface area contributed by atoms with Crippen LogP contribution in [-0.4, -0.2) is 48.9 Å². The molecule has 1 amide bonds. The van der Waals surface area contributed by atoms with Crippen LogP contribution in [0.5, 0.6) is 0 Å². The van der Waals surface area contributed by atoms with E-state index >= 15 is 0 Å². The van der Waals surface area contributed by atoms with E-state index in [2.05, 4.69) is 10.3 Å². The van der Waals surface area contributed by atoms with Crippen molar-refractivity contribution in [2.45, 2.75) is 31.0 Å². The summed E-state index contributed by atoms with van der Waals surface area (Å²) in [6, 6.07) is 13.6. The molecule has 1 saturated heterocycles. The minimum atomic E-state index is -3.64. The molecule has 1 fully saturated rings. The molecule has 1 aromatic heterocycles. The summed E-state index contributed by atoms with van der Waals surface area (Å²) in [4.78, 5) is 17.1. The Morgan fingerprint density at radius 3 is 2.41 bits per heavy atom. The van der Waals surface area contributed by atoms with Gasteiger partial charge in [0, 0.05) is 18.7 Å². The highest BCUT2D eigenvalue weighted by molar-refractivity contribution is 7.89. The number of fused-ring (bicyclic) bond motifs is 1. The Kier molecular flexibility index (Phi) is 5.39. The predicted molar refractivity (Wildman–Crippen MR) is 113 cm³/mol. The zero-order valence-corrected chi connectivity index (χ0v) is 17.7. The minimum absolute atomic E-state index is 0.160. The van der Waals surface area contributed by atoms with E-state index in [9.17, 15) is 13.2 Å². The van der Waals surface area contributed by atoms with Crippen molar-refractivity contribution in [1.29, 1.82) is 0 Å². The number of ether oxygens (including phenoxy) is 1. The van der Waals surface area contributed by atoms with Gasteiger partial charge in [-0.15, -0.1) is 0 Å². The van der Waals surface area contributed by atoms with E-state index in [1.807, 2.05) is 38.1 Å². The van der Waals surface area contributed by atoms with Crippen LogP contribution in [0.2, 0.25) is 0 Å². The van der Waals surface area contributed by atoms with Crippen molar-refractivity contribution < 1.29 is 17.9 Å². The molecule has 7 nitrogen and oxygen atoms in total. The summed E-state index contributed by atoms with van der Waals surface area (Å²) in [5.41, 5.74) is 1.19. The van der Waals surface area contributed by atoms with Crippen molar-refractivity contribution in [3.63, 3.8) is 0 Å². The van der Waals surface area contributed by atoms with Crippen LogP contribution in [0.25, 0.3) is 10.2 Å². The highest BCUT2D eigenvalue weighted by atomic mass is 32.2. The third-order valence-electron chi connectivity index (χ3n) is 4.65. The maximum absolute atomic E-state index is 12.9. The number of benzene rings is 2. The van der Waals surface area contributed by atoms with Crippen molar-refractivity contribution in [2.75, 3.05) is 18.4 Å². The second-order valence-electron chi connectivity index (χ2n) is 7.04. The van der Waals surface area contributed by atoms with Crippen LogP contribution in [-0.2, 0) is 14.8 Å². The van der Waals surface area contributed by atoms with Gasteiger partial charge in [-0.3, -0.25) is 10.1 Å². The van der Waals surface area contributed by atoms with E-state index in [0.717, 1.165) is 10.2 Å². The van der Waals surface area contributed by atoms with Gasteiger partial charge in [0.05, 0.1) is 27.3 Å². The molecular formula is C20H21N3O4S2. The van der Waals surface area contributed by atoms with Gasteiger partial charge in [-0.05, 0) is 50.2 Å². The smallest absolute Gasteiger partial charge is 0.257 e. The number of amides is 1. The van der Waals surface area contributed by atoms with Crippen molar-refractivity contribution in [3.8, 4) is 0 Å². The van der Waals surface area contributed by atoms with Crippen LogP contribution in [0.3, 0.4) is 0 Å². The average Bonchev–Trinajstić information content (AvgIpc) is 3.09. The number of para-hydroxylation sites is 1. The number of sulfonamides is 1. The predicted octanol–water partition coefficient (Wildman–Crippen LogP) is 3.35. The molecule has 9 heteroatoms.